The van der Waals surface area contributed by atoms with E-state index in [0.29, 0.717) is 22.8 Å². The topological polar surface area (TPSA) is 109 Å². The number of carbonyl (C=O) groups excluding carboxylic acids is 1. The van der Waals surface area contributed by atoms with Crippen molar-refractivity contribution in [2.75, 3.05) is 5.75 Å². The Labute approximate surface area is 200 Å². The predicted molar refractivity (Wildman–Crippen MR) is 124 cm³/mol. The number of benzene rings is 2. The molecule has 2 atom stereocenters. The molecule has 1 heterocycles. The van der Waals surface area contributed by atoms with E-state index >= 15 is 0 Å². The smallest absolute Gasteiger partial charge is 0.417 e. The molecule has 0 bridgehead atoms. The number of ketones is 1. The number of pyridine rings is 1. The lowest BCUT2D eigenvalue weighted by atomic mass is 9.91. The highest BCUT2D eigenvalue weighted by molar-refractivity contribution is 8.55. The molecule has 0 saturated heterocycles. The largest absolute Gasteiger partial charge is 0.441 e. The van der Waals surface area contributed by atoms with E-state index in [4.69, 9.17) is 9.05 Å². The zero-order valence-corrected chi connectivity index (χ0v) is 19.6. The molecule has 1 aliphatic carbocycles. The minimum absolute atomic E-state index is 0.0729. The van der Waals surface area contributed by atoms with Crippen molar-refractivity contribution in [3.8, 4) is 5.75 Å². The molecular formula is C22H16F3N2O6PS. The number of nitrogens with zero attached hydrogens (tertiary/aromatic N) is 2. The van der Waals surface area contributed by atoms with E-state index in [1.165, 1.54) is 24.3 Å². The number of rotatable bonds is 7. The number of allylic oxidation sites excluding steroid dienone is 1. The molecule has 2 aromatic carbocycles. The molecular weight excluding hydrogens is 508 g/mol. The summed E-state index contributed by atoms with van der Waals surface area (Å²) in [6, 6.07) is 12.3. The fraction of sp³-hybridized carbons (Fsp3) is 0.182. The van der Waals surface area contributed by atoms with Crippen LogP contribution >= 0.6 is 18.2 Å². The lowest BCUT2D eigenvalue weighted by molar-refractivity contribution is -0.384. The van der Waals surface area contributed by atoms with Gasteiger partial charge in [0.2, 0.25) is 0 Å². The Kier molecular flexibility index (Phi) is 6.72. The molecule has 0 aliphatic heterocycles. The van der Waals surface area contributed by atoms with E-state index in [2.05, 4.69) is 4.98 Å². The number of Topliss-reactive ketones (excluding diaryl/α,β-unsaturated/α-hetero) is 1. The van der Waals surface area contributed by atoms with Gasteiger partial charge in [0.15, 0.2) is 11.9 Å². The molecule has 0 fully saturated rings. The second-order valence-electron chi connectivity index (χ2n) is 7.25. The van der Waals surface area contributed by atoms with Crippen LogP contribution in [0.1, 0.15) is 23.0 Å². The number of non-ortho nitro benzene ring substituents is 1. The Morgan fingerprint density at radius 1 is 1.17 bits per heavy atom. The number of fused-ring (bicyclic) bond motifs is 2. The number of nitro benzene ring substituents is 1. The SMILES string of the molecule is CCSP(=O)(Oc1ccc([N+](=O)[O-])cc1)OC1C=C(C(F)(F)F)c2nc3ccccc3cc2C1=O. The van der Waals surface area contributed by atoms with E-state index in [1.54, 1.807) is 25.1 Å². The maximum Gasteiger partial charge on any atom is 0.441 e. The van der Waals surface area contributed by atoms with Crippen molar-refractivity contribution in [2.45, 2.75) is 19.2 Å². The number of carbonyl (C=O) groups is 1. The second kappa shape index (κ2) is 9.44. The summed E-state index contributed by atoms with van der Waals surface area (Å²) < 4.78 is 66.0. The zero-order valence-electron chi connectivity index (χ0n) is 17.9. The Balaban J connectivity index is 1.72. The molecule has 0 amide bonds. The average molecular weight is 524 g/mol. The average Bonchev–Trinajstić information content (AvgIpc) is 2.79. The maximum absolute atomic E-state index is 13.9. The highest BCUT2D eigenvalue weighted by atomic mass is 32.7. The Bertz CT molecular complexity index is 1390. The van der Waals surface area contributed by atoms with Crippen LogP contribution in [0, 0.1) is 10.1 Å². The molecule has 0 spiro atoms. The van der Waals surface area contributed by atoms with Crippen molar-refractivity contribution in [3.05, 3.63) is 82.0 Å². The van der Waals surface area contributed by atoms with Gasteiger partial charge in [0.25, 0.3) is 5.69 Å². The summed E-state index contributed by atoms with van der Waals surface area (Å²) in [6.45, 7) is -2.62. The first-order valence-corrected chi connectivity index (χ1v) is 13.2. The van der Waals surface area contributed by atoms with E-state index in [-0.39, 0.29) is 28.3 Å². The van der Waals surface area contributed by atoms with Crippen LogP contribution < -0.4 is 4.52 Å². The molecule has 182 valence electrons. The second-order valence-corrected chi connectivity index (χ2v) is 11.5. The van der Waals surface area contributed by atoms with Gasteiger partial charge in [0.05, 0.1) is 21.7 Å². The van der Waals surface area contributed by atoms with Crippen LogP contribution in [0.15, 0.2) is 60.7 Å². The van der Waals surface area contributed by atoms with Crippen LogP contribution in [0.3, 0.4) is 0 Å². The van der Waals surface area contributed by atoms with Crippen molar-refractivity contribution >= 4 is 46.1 Å². The standard InChI is InChI=1S/C22H16F3N2O6PS/c1-2-35-34(31,32-15-9-7-14(8-10-15)27(29)30)33-19-12-17(22(23,24)25)20-16(21(19)28)11-13-5-3-4-6-18(13)26-20/h3-12,19H,2H2,1H3. The number of hydrogen-bond acceptors (Lipinski definition) is 8. The molecule has 0 N–H and O–H groups in total. The molecule has 3 aromatic rings. The van der Waals surface area contributed by atoms with Crippen LogP contribution in [0.2, 0.25) is 0 Å². The molecule has 8 nitrogen and oxygen atoms in total. The number of nitro groups is 1. The fourth-order valence-corrected chi connectivity index (χ4v) is 6.52. The molecule has 35 heavy (non-hydrogen) atoms. The van der Waals surface area contributed by atoms with Gasteiger partial charge in [-0.1, -0.05) is 25.1 Å². The van der Waals surface area contributed by atoms with Gasteiger partial charge >= 0.3 is 13.0 Å². The minimum atomic E-state index is -4.87. The summed E-state index contributed by atoms with van der Waals surface area (Å²) in [5.74, 6) is -0.740. The molecule has 1 aliphatic rings. The van der Waals surface area contributed by atoms with Gasteiger partial charge in [-0.2, -0.15) is 13.2 Å². The van der Waals surface area contributed by atoms with Crippen LogP contribution in [-0.2, 0) is 9.09 Å². The first-order valence-electron chi connectivity index (χ1n) is 10.1. The molecule has 4 rings (SSSR count). The Morgan fingerprint density at radius 3 is 2.49 bits per heavy atom. The third-order valence-electron chi connectivity index (χ3n) is 4.92. The van der Waals surface area contributed by atoms with Crippen LogP contribution in [0.5, 0.6) is 5.75 Å². The highest BCUT2D eigenvalue weighted by Gasteiger charge is 2.45. The first-order chi connectivity index (χ1) is 16.5. The van der Waals surface area contributed by atoms with Crippen molar-refractivity contribution < 1.29 is 36.5 Å². The summed E-state index contributed by atoms with van der Waals surface area (Å²) in [7, 11) is 0. The van der Waals surface area contributed by atoms with E-state index < -0.39 is 41.1 Å². The van der Waals surface area contributed by atoms with E-state index in [1.807, 2.05) is 0 Å². The molecule has 0 radical (unpaired) electrons. The number of aromatic nitrogens is 1. The normalized spacial score (nSPS) is 17.4. The zero-order chi connectivity index (χ0) is 25.4. The third kappa shape index (κ3) is 5.24. The Morgan fingerprint density at radius 2 is 1.86 bits per heavy atom. The van der Waals surface area contributed by atoms with Crippen molar-refractivity contribution in [1.29, 1.82) is 0 Å². The van der Waals surface area contributed by atoms with Gasteiger partial charge in [0.1, 0.15) is 5.75 Å². The number of halogens is 3. The number of para-hydroxylation sites is 1. The number of hydrogen-bond donors (Lipinski definition) is 0. The lowest BCUT2D eigenvalue weighted by Gasteiger charge is -2.27. The highest BCUT2D eigenvalue weighted by Crippen LogP contribution is 2.61. The van der Waals surface area contributed by atoms with Gasteiger partial charge in [-0.3, -0.25) is 19.4 Å². The van der Waals surface area contributed by atoms with Gasteiger partial charge < -0.3 is 4.52 Å². The monoisotopic (exact) mass is 524 g/mol. The van der Waals surface area contributed by atoms with Crippen LogP contribution in [0.4, 0.5) is 18.9 Å². The van der Waals surface area contributed by atoms with Gasteiger partial charge in [0, 0.05) is 28.8 Å². The van der Waals surface area contributed by atoms with E-state index in [9.17, 15) is 32.6 Å². The quantitative estimate of drug-likeness (QED) is 0.193. The summed E-state index contributed by atoms with van der Waals surface area (Å²) in [4.78, 5) is 27.4. The van der Waals surface area contributed by atoms with Gasteiger partial charge in [-0.25, -0.2) is 9.55 Å². The van der Waals surface area contributed by atoms with E-state index in [0.717, 1.165) is 12.1 Å². The van der Waals surface area contributed by atoms with Gasteiger partial charge in [-0.15, -0.1) is 0 Å². The molecule has 1 aromatic heterocycles. The molecule has 2 unspecified atom stereocenters. The van der Waals surface area contributed by atoms with Crippen molar-refractivity contribution in [2.24, 2.45) is 0 Å². The van der Waals surface area contributed by atoms with Crippen LogP contribution in [-0.4, -0.2) is 33.7 Å². The molecule has 0 saturated carbocycles. The van der Waals surface area contributed by atoms with Crippen molar-refractivity contribution in [1.82, 2.24) is 4.98 Å². The third-order valence-corrected chi connectivity index (χ3v) is 8.62. The number of alkyl halides is 3. The van der Waals surface area contributed by atoms with Gasteiger partial charge in [-0.05, 0) is 41.7 Å². The summed E-state index contributed by atoms with van der Waals surface area (Å²) in [5.41, 5.74) is -2.00. The minimum Gasteiger partial charge on any atom is -0.417 e. The fourth-order valence-electron chi connectivity index (χ4n) is 3.41. The van der Waals surface area contributed by atoms with Crippen LogP contribution in [0.25, 0.3) is 16.5 Å². The molecule has 13 heteroatoms. The maximum atomic E-state index is 13.9. The predicted octanol–water partition coefficient (Wildman–Crippen LogP) is 6.61. The Hall–Kier alpha value is -3.21. The summed E-state index contributed by atoms with van der Waals surface area (Å²) in [6.07, 6.45) is -6.17. The lowest BCUT2D eigenvalue weighted by Crippen LogP contribution is -2.30. The summed E-state index contributed by atoms with van der Waals surface area (Å²) >= 11 is 0.671. The summed E-state index contributed by atoms with van der Waals surface area (Å²) in [5, 5.41) is 11.3. The van der Waals surface area contributed by atoms with Crippen molar-refractivity contribution in [3.63, 3.8) is 0 Å². The first kappa shape index (κ1) is 24.9.